The van der Waals surface area contributed by atoms with Crippen molar-refractivity contribution >= 4 is 11.6 Å². The van der Waals surface area contributed by atoms with Gasteiger partial charge in [0.15, 0.2) is 5.69 Å². The number of nitrogens with zero attached hydrogens (tertiary/aromatic N) is 4. The predicted octanol–water partition coefficient (Wildman–Crippen LogP) is 1.79. The molecule has 0 radical (unpaired) electrons. The lowest BCUT2D eigenvalue weighted by Gasteiger charge is -2.36. The van der Waals surface area contributed by atoms with E-state index in [1.165, 1.54) is 12.3 Å². The van der Waals surface area contributed by atoms with Gasteiger partial charge in [-0.1, -0.05) is 6.07 Å². The first-order valence-electron chi connectivity index (χ1n) is 7.02. The number of rotatable bonds is 2. The molecule has 1 N–H and O–H groups in total. The first-order valence-corrected chi connectivity index (χ1v) is 7.02. The largest absolute Gasteiger partial charge is 0.416 e. The molecule has 2 heterocycles. The molecule has 1 aliphatic heterocycles. The minimum atomic E-state index is -4.36. The molecule has 3 rings (SSSR count). The second-order valence-corrected chi connectivity index (χ2v) is 5.18. The van der Waals surface area contributed by atoms with Crippen LogP contribution < -0.4 is 4.90 Å². The predicted molar refractivity (Wildman–Crippen MR) is 75.9 cm³/mol. The van der Waals surface area contributed by atoms with E-state index in [2.05, 4.69) is 15.4 Å². The molecule has 0 aliphatic carbocycles. The number of piperazine rings is 1. The molecule has 1 aromatic carbocycles. The number of H-pyrrole nitrogens is 1. The molecule has 6 nitrogen and oxygen atoms in total. The van der Waals surface area contributed by atoms with Crippen LogP contribution in [0.25, 0.3) is 0 Å². The van der Waals surface area contributed by atoms with E-state index in [-0.39, 0.29) is 11.6 Å². The molecule has 122 valence electrons. The normalized spacial score (nSPS) is 15.8. The van der Waals surface area contributed by atoms with Crippen LogP contribution in [0.2, 0.25) is 0 Å². The van der Waals surface area contributed by atoms with E-state index in [0.29, 0.717) is 31.9 Å². The summed E-state index contributed by atoms with van der Waals surface area (Å²) in [5, 5.41) is 9.71. The summed E-state index contributed by atoms with van der Waals surface area (Å²) in [6.07, 6.45) is -3.01. The Morgan fingerprint density at radius 3 is 2.52 bits per heavy atom. The van der Waals surface area contributed by atoms with Gasteiger partial charge in [0, 0.05) is 31.9 Å². The van der Waals surface area contributed by atoms with Gasteiger partial charge in [-0.2, -0.15) is 28.6 Å². The van der Waals surface area contributed by atoms with Crippen molar-refractivity contribution in [2.45, 2.75) is 6.18 Å². The van der Waals surface area contributed by atoms with Gasteiger partial charge in [0.1, 0.15) is 0 Å². The maximum atomic E-state index is 12.8. The van der Waals surface area contributed by atoms with Crippen molar-refractivity contribution in [2.75, 3.05) is 31.1 Å². The van der Waals surface area contributed by atoms with Crippen LogP contribution in [0.1, 0.15) is 16.1 Å². The maximum Gasteiger partial charge on any atom is 0.416 e. The molecule has 0 bridgehead atoms. The fourth-order valence-electron chi connectivity index (χ4n) is 2.51. The van der Waals surface area contributed by atoms with Crippen molar-refractivity contribution in [2.24, 2.45) is 0 Å². The van der Waals surface area contributed by atoms with Crippen molar-refractivity contribution in [3.8, 4) is 0 Å². The zero-order valence-corrected chi connectivity index (χ0v) is 12.0. The average molecular weight is 325 g/mol. The molecule has 1 aliphatic rings. The molecule has 2 aromatic rings. The summed E-state index contributed by atoms with van der Waals surface area (Å²) in [5.41, 5.74) is 0.0713. The van der Waals surface area contributed by atoms with Gasteiger partial charge in [-0.25, -0.2) is 0 Å². The van der Waals surface area contributed by atoms with E-state index in [1.54, 1.807) is 11.0 Å². The summed E-state index contributed by atoms with van der Waals surface area (Å²) >= 11 is 0. The number of carbonyl (C=O) groups is 1. The van der Waals surface area contributed by atoms with Crippen LogP contribution in [0.5, 0.6) is 0 Å². The third-order valence-corrected chi connectivity index (χ3v) is 3.74. The molecular weight excluding hydrogens is 311 g/mol. The average Bonchev–Trinajstić information content (AvgIpc) is 3.08. The molecule has 0 spiro atoms. The Balaban J connectivity index is 1.66. The number of aromatic nitrogens is 3. The van der Waals surface area contributed by atoms with Crippen molar-refractivity contribution in [1.82, 2.24) is 20.3 Å². The number of alkyl halides is 3. The van der Waals surface area contributed by atoms with Crippen LogP contribution in [-0.2, 0) is 6.18 Å². The quantitative estimate of drug-likeness (QED) is 0.914. The van der Waals surface area contributed by atoms with E-state index in [9.17, 15) is 18.0 Å². The minimum absolute atomic E-state index is 0.234. The highest BCUT2D eigenvalue weighted by Gasteiger charge is 2.31. The van der Waals surface area contributed by atoms with Crippen LogP contribution in [-0.4, -0.2) is 52.4 Å². The van der Waals surface area contributed by atoms with Crippen molar-refractivity contribution < 1.29 is 18.0 Å². The Morgan fingerprint density at radius 1 is 1.17 bits per heavy atom. The molecule has 1 aromatic heterocycles. The highest BCUT2D eigenvalue weighted by atomic mass is 19.4. The molecule has 1 fully saturated rings. The molecule has 1 amide bonds. The maximum absolute atomic E-state index is 12.8. The lowest BCUT2D eigenvalue weighted by atomic mass is 10.1. The van der Waals surface area contributed by atoms with Crippen LogP contribution in [0.4, 0.5) is 18.9 Å². The molecule has 0 saturated carbocycles. The Morgan fingerprint density at radius 2 is 1.91 bits per heavy atom. The van der Waals surface area contributed by atoms with E-state index in [4.69, 9.17) is 0 Å². The number of aromatic amines is 1. The standard InChI is InChI=1S/C14H14F3N5O/c15-14(16,17)10-2-1-3-11(8-10)21-4-6-22(7-5-21)13(23)12-9-18-20-19-12/h1-3,8-9H,4-7H2,(H,18,19,20). The fourth-order valence-corrected chi connectivity index (χ4v) is 2.51. The number of benzene rings is 1. The van der Waals surface area contributed by atoms with E-state index >= 15 is 0 Å². The van der Waals surface area contributed by atoms with Crippen LogP contribution >= 0.6 is 0 Å². The smallest absolute Gasteiger partial charge is 0.368 e. The lowest BCUT2D eigenvalue weighted by molar-refractivity contribution is -0.137. The zero-order valence-electron chi connectivity index (χ0n) is 12.0. The Kier molecular flexibility index (Phi) is 3.93. The number of carbonyl (C=O) groups excluding carboxylic acids is 1. The topological polar surface area (TPSA) is 65.1 Å². The number of amides is 1. The summed E-state index contributed by atoms with van der Waals surface area (Å²) in [7, 11) is 0. The number of hydrogen-bond acceptors (Lipinski definition) is 4. The fraction of sp³-hybridized carbons (Fsp3) is 0.357. The van der Waals surface area contributed by atoms with E-state index in [1.807, 2.05) is 4.90 Å². The van der Waals surface area contributed by atoms with Gasteiger partial charge in [0.25, 0.3) is 5.91 Å². The highest BCUT2D eigenvalue weighted by molar-refractivity contribution is 5.92. The zero-order chi connectivity index (χ0) is 16.4. The summed E-state index contributed by atoms with van der Waals surface area (Å²) < 4.78 is 38.3. The van der Waals surface area contributed by atoms with Crippen LogP contribution in [0.15, 0.2) is 30.5 Å². The molecule has 23 heavy (non-hydrogen) atoms. The first kappa shape index (κ1) is 15.3. The van der Waals surface area contributed by atoms with Crippen molar-refractivity contribution in [3.05, 3.63) is 41.7 Å². The minimum Gasteiger partial charge on any atom is -0.368 e. The molecule has 0 atom stereocenters. The summed E-state index contributed by atoms with van der Waals surface area (Å²) in [4.78, 5) is 15.6. The second kappa shape index (κ2) is 5.90. The Bertz CT molecular complexity index is 678. The van der Waals surface area contributed by atoms with E-state index in [0.717, 1.165) is 12.1 Å². The van der Waals surface area contributed by atoms with Gasteiger partial charge in [-0.05, 0) is 18.2 Å². The van der Waals surface area contributed by atoms with Gasteiger partial charge in [-0.15, -0.1) is 0 Å². The summed E-state index contributed by atoms with van der Waals surface area (Å²) in [6, 6.07) is 5.22. The second-order valence-electron chi connectivity index (χ2n) is 5.18. The molecular formula is C14H14F3N5O. The van der Waals surface area contributed by atoms with Crippen LogP contribution in [0, 0.1) is 0 Å². The number of anilines is 1. The third kappa shape index (κ3) is 3.27. The Labute approximate surface area is 129 Å². The number of hydrogen-bond donors (Lipinski definition) is 1. The van der Waals surface area contributed by atoms with Crippen LogP contribution in [0.3, 0.4) is 0 Å². The molecule has 9 heteroatoms. The van der Waals surface area contributed by atoms with Gasteiger partial charge in [0.2, 0.25) is 0 Å². The number of nitrogens with one attached hydrogen (secondary N) is 1. The SMILES string of the molecule is O=C(c1cn[nH]n1)N1CCN(c2cccc(C(F)(F)F)c2)CC1. The monoisotopic (exact) mass is 325 g/mol. The summed E-state index contributed by atoms with van der Waals surface area (Å²) in [5.74, 6) is -0.234. The van der Waals surface area contributed by atoms with Crippen molar-refractivity contribution in [3.63, 3.8) is 0 Å². The highest BCUT2D eigenvalue weighted by Crippen LogP contribution is 2.31. The first-order chi connectivity index (χ1) is 10.9. The number of halogens is 3. The van der Waals surface area contributed by atoms with Crippen molar-refractivity contribution in [1.29, 1.82) is 0 Å². The van der Waals surface area contributed by atoms with E-state index < -0.39 is 11.7 Å². The molecule has 0 unspecified atom stereocenters. The van der Waals surface area contributed by atoms with Gasteiger partial charge < -0.3 is 9.80 Å². The Hall–Kier alpha value is -2.58. The van der Waals surface area contributed by atoms with Gasteiger partial charge in [0.05, 0.1) is 11.8 Å². The van der Waals surface area contributed by atoms with Gasteiger partial charge in [-0.3, -0.25) is 4.79 Å². The van der Waals surface area contributed by atoms with Gasteiger partial charge >= 0.3 is 6.18 Å². The third-order valence-electron chi connectivity index (χ3n) is 3.74. The summed E-state index contributed by atoms with van der Waals surface area (Å²) in [6.45, 7) is 1.76. The molecule has 1 saturated heterocycles. The lowest BCUT2D eigenvalue weighted by Crippen LogP contribution is -2.49.